The lowest BCUT2D eigenvalue weighted by molar-refractivity contribution is -0.130. The van der Waals surface area contributed by atoms with Crippen LogP contribution in [0.4, 0.5) is 0 Å². The zero-order valence-corrected chi connectivity index (χ0v) is 13.1. The molecule has 0 fully saturated rings. The maximum Gasteiger partial charge on any atom is 0.245 e. The fourth-order valence-corrected chi connectivity index (χ4v) is 2.60. The number of carbonyl (C=O) groups is 1. The number of methoxy groups -OCH3 is 1. The van der Waals surface area contributed by atoms with Gasteiger partial charge < -0.3 is 9.64 Å². The summed E-state index contributed by atoms with van der Waals surface area (Å²) in [5.74, 6) is 0.599. The summed E-state index contributed by atoms with van der Waals surface area (Å²) in [7, 11) is 1.59. The fourth-order valence-electron chi connectivity index (χ4n) is 1.67. The number of likely N-dealkylation sites (N-methyl/N-ethyl adjacent to an activating group) is 1. The topological polar surface area (TPSA) is 29.5 Å². The van der Waals surface area contributed by atoms with Crippen molar-refractivity contribution in [2.45, 2.75) is 19.2 Å². The molecule has 0 aliphatic rings. The Morgan fingerprint density at radius 2 is 2.06 bits per heavy atom. The minimum absolute atomic E-state index is 0.0874. The van der Waals surface area contributed by atoms with E-state index >= 15 is 0 Å². The van der Waals surface area contributed by atoms with E-state index in [1.54, 1.807) is 18.1 Å². The number of rotatable bonds is 5. The molecule has 0 heterocycles. The molecule has 1 aromatic carbocycles. The van der Waals surface area contributed by atoms with Crippen LogP contribution in [0.15, 0.2) is 22.7 Å². The highest BCUT2D eigenvalue weighted by molar-refractivity contribution is 9.10. The van der Waals surface area contributed by atoms with Gasteiger partial charge in [-0.05, 0) is 37.6 Å². The lowest BCUT2D eigenvalue weighted by atomic mass is 10.1. The highest BCUT2D eigenvalue weighted by Crippen LogP contribution is 2.32. The predicted octanol–water partition coefficient (Wildman–Crippen LogP) is 3.61. The maximum absolute atomic E-state index is 12.2. The molecule has 0 saturated carbocycles. The highest BCUT2D eigenvalue weighted by Gasteiger charge is 2.24. The molecule has 0 aliphatic carbocycles. The van der Waals surface area contributed by atoms with E-state index in [9.17, 15) is 4.79 Å². The van der Waals surface area contributed by atoms with Crippen LogP contribution in [0, 0.1) is 0 Å². The summed E-state index contributed by atoms with van der Waals surface area (Å²) in [4.78, 5) is 13.9. The summed E-state index contributed by atoms with van der Waals surface area (Å²) < 4.78 is 5.96. The minimum atomic E-state index is -0.700. The van der Waals surface area contributed by atoms with Crippen molar-refractivity contribution >= 4 is 33.4 Å². The average Bonchev–Trinajstić information content (AvgIpc) is 2.39. The van der Waals surface area contributed by atoms with Gasteiger partial charge in [0.2, 0.25) is 5.91 Å². The van der Waals surface area contributed by atoms with E-state index in [4.69, 9.17) is 16.3 Å². The van der Waals surface area contributed by atoms with Crippen LogP contribution < -0.4 is 4.74 Å². The van der Waals surface area contributed by atoms with Crippen molar-refractivity contribution in [3.8, 4) is 5.75 Å². The monoisotopic (exact) mass is 333 g/mol. The molecule has 3 nitrogen and oxygen atoms in total. The van der Waals surface area contributed by atoms with E-state index < -0.39 is 5.38 Å². The van der Waals surface area contributed by atoms with Crippen molar-refractivity contribution in [2.75, 3.05) is 20.2 Å². The Morgan fingerprint density at radius 1 is 1.44 bits per heavy atom. The molecular weight excluding hydrogens is 318 g/mol. The molecular formula is C13H17BrClNO2. The van der Waals surface area contributed by atoms with Crippen molar-refractivity contribution < 1.29 is 9.53 Å². The van der Waals surface area contributed by atoms with Crippen LogP contribution in [-0.4, -0.2) is 31.0 Å². The van der Waals surface area contributed by atoms with Gasteiger partial charge in [-0.25, -0.2) is 0 Å². The van der Waals surface area contributed by atoms with Crippen LogP contribution in [0.25, 0.3) is 0 Å². The Morgan fingerprint density at radius 3 is 2.56 bits per heavy atom. The molecule has 0 saturated heterocycles. The lowest BCUT2D eigenvalue weighted by Gasteiger charge is -2.22. The van der Waals surface area contributed by atoms with E-state index in [0.717, 1.165) is 10.0 Å². The summed E-state index contributed by atoms with van der Waals surface area (Å²) >= 11 is 9.68. The van der Waals surface area contributed by atoms with E-state index in [1.807, 2.05) is 26.0 Å². The molecule has 5 heteroatoms. The molecule has 0 bridgehead atoms. The standard InChI is InChI=1S/C13H17BrClNO2/c1-4-16(5-2)13(17)12(15)10-8-9(18-3)6-7-11(10)14/h6-8,12H,4-5H2,1-3H3. The first kappa shape index (κ1) is 15.3. The Hall–Kier alpha value is -0.740. The third kappa shape index (κ3) is 3.39. The maximum atomic E-state index is 12.2. The Labute approximate surface area is 121 Å². The molecule has 18 heavy (non-hydrogen) atoms. The number of ether oxygens (including phenoxy) is 1. The molecule has 0 N–H and O–H groups in total. The van der Waals surface area contributed by atoms with Crippen LogP contribution in [0.1, 0.15) is 24.8 Å². The normalized spacial score (nSPS) is 12.1. The number of carbonyl (C=O) groups excluding carboxylic acids is 1. The second-order valence-electron chi connectivity index (χ2n) is 3.76. The van der Waals surface area contributed by atoms with Gasteiger partial charge in [-0.1, -0.05) is 15.9 Å². The number of alkyl halides is 1. The van der Waals surface area contributed by atoms with Gasteiger partial charge in [0.15, 0.2) is 0 Å². The van der Waals surface area contributed by atoms with Gasteiger partial charge in [0, 0.05) is 17.6 Å². The van der Waals surface area contributed by atoms with Crippen molar-refractivity contribution in [3.63, 3.8) is 0 Å². The quantitative estimate of drug-likeness (QED) is 0.770. The van der Waals surface area contributed by atoms with Crippen molar-refractivity contribution in [1.29, 1.82) is 0 Å². The van der Waals surface area contributed by atoms with Gasteiger partial charge in [0.1, 0.15) is 11.1 Å². The van der Waals surface area contributed by atoms with Crippen LogP contribution in [0.3, 0.4) is 0 Å². The Balaban J connectivity index is 3.02. The van der Waals surface area contributed by atoms with Gasteiger partial charge in [0.25, 0.3) is 0 Å². The second kappa shape index (κ2) is 7.00. The largest absolute Gasteiger partial charge is 0.497 e. The van der Waals surface area contributed by atoms with Crippen LogP contribution >= 0.6 is 27.5 Å². The van der Waals surface area contributed by atoms with E-state index in [0.29, 0.717) is 18.8 Å². The lowest BCUT2D eigenvalue weighted by Crippen LogP contribution is -2.33. The van der Waals surface area contributed by atoms with Gasteiger partial charge >= 0.3 is 0 Å². The van der Waals surface area contributed by atoms with E-state index in [-0.39, 0.29) is 5.91 Å². The summed E-state index contributed by atoms with van der Waals surface area (Å²) in [6.45, 7) is 5.18. The van der Waals surface area contributed by atoms with Gasteiger partial charge in [-0.3, -0.25) is 4.79 Å². The first-order chi connectivity index (χ1) is 8.54. The average molecular weight is 335 g/mol. The summed E-state index contributed by atoms with van der Waals surface area (Å²) in [6, 6.07) is 5.43. The smallest absolute Gasteiger partial charge is 0.245 e. The summed E-state index contributed by atoms with van der Waals surface area (Å²) in [5, 5.41) is -0.700. The summed E-state index contributed by atoms with van der Waals surface area (Å²) in [5.41, 5.74) is 0.730. The van der Waals surface area contributed by atoms with Gasteiger partial charge in [-0.2, -0.15) is 0 Å². The molecule has 0 radical (unpaired) electrons. The van der Waals surface area contributed by atoms with Crippen molar-refractivity contribution in [3.05, 3.63) is 28.2 Å². The number of hydrogen-bond donors (Lipinski definition) is 0. The molecule has 1 aromatic rings. The fraction of sp³-hybridized carbons (Fsp3) is 0.462. The third-order valence-corrected chi connectivity index (χ3v) is 3.91. The van der Waals surface area contributed by atoms with Crippen molar-refractivity contribution in [2.24, 2.45) is 0 Å². The third-order valence-electron chi connectivity index (χ3n) is 2.77. The Bertz CT molecular complexity index is 421. The number of benzene rings is 1. The van der Waals surface area contributed by atoms with E-state index in [2.05, 4.69) is 15.9 Å². The van der Waals surface area contributed by atoms with Crippen molar-refractivity contribution in [1.82, 2.24) is 4.90 Å². The first-order valence-corrected chi connectivity index (χ1v) is 7.04. The Kier molecular flexibility index (Phi) is 5.96. The van der Waals surface area contributed by atoms with E-state index in [1.165, 1.54) is 0 Å². The molecule has 0 aliphatic heterocycles. The zero-order valence-electron chi connectivity index (χ0n) is 10.7. The zero-order chi connectivity index (χ0) is 13.7. The molecule has 1 atom stereocenters. The molecule has 1 amide bonds. The number of hydrogen-bond acceptors (Lipinski definition) is 2. The number of nitrogens with zero attached hydrogens (tertiary/aromatic N) is 1. The van der Waals surface area contributed by atoms with Crippen LogP contribution in [-0.2, 0) is 4.79 Å². The molecule has 100 valence electrons. The molecule has 0 spiro atoms. The SMILES string of the molecule is CCN(CC)C(=O)C(Cl)c1cc(OC)ccc1Br. The minimum Gasteiger partial charge on any atom is -0.497 e. The number of amides is 1. The number of halogens is 2. The van der Waals surface area contributed by atoms with Crippen LogP contribution in [0.2, 0.25) is 0 Å². The predicted molar refractivity (Wildman–Crippen MR) is 77.2 cm³/mol. The second-order valence-corrected chi connectivity index (χ2v) is 5.05. The first-order valence-electron chi connectivity index (χ1n) is 5.81. The van der Waals surface area contributed by atoms with Gasteiger partial charge in [0.05, 0.1) is 7.11 Å². The highest BCUT2D eigenvalue weighted by atomic mass is 79.9. The molecule has 1 rings (SSSR count). The van der Waals surface area contributed by atoms with Gasteiger partial charge in [-0.15, -0.1) is 11.6 Å². The van der Waals surface area contributed by atoms with Crippen LogP contribution in [0.5, 0.6) is 5.75 Å². The summed E-state index contributed by atoms with van der Waals surface area (Å²) in [6.07, 6.45) is 0. The molecule has 0 aromatic heterocycles. The molecule has 1 unspecified atom stereocenters.